The maximum Gasteiger partial charge on any atom is 0.331 e. The number of benzene rings is 1. The molecule has 202 valence electrons. The number of likely N-dealkylation sites (N-methyl/N-ethyl adjacent to an activating group) is 1. The third kappa shape index (κ3) is 10.3. The highest BCUT2D eigenvalue weighted by Gasteiger charge is 2.36. The van der Waals surface area contributed by atoms with Gasteiger partial charge in [0.15, 0.2) is 0 Å². The summed E-state index contributed by atoms with van der Waals surface area (Å²) in [5.74, 6) is -1.55. The predicted molar refractivity (Wildman–Crippen MR) is 150 cm³/mol. The van der Waals surface area contributed by atoms with Crippen LogP contribution in [0.1, 0.15) is 73.8 Å². The van der Waals surface area contributed by atoms with E-state index < -0.39 is 22.8 Å². The Labute approximate surface area is 218 Å². The first-order valence-corrected chi connectivity index (χ1v) is 12.4. The van der Waals surface area contributed by atoms with E-state index >= 15 is 0 Å². The zero-order valence-electron chi connectivity index (χ0n) is 23.9. The molecule has 2 amide bonds. The molecule has 0 heterocycles. The van der Waals surface area contributed by atoms with Crippen molar-refractivity contribution in [1.29, 1.82) is 0 Å². The van der Waals surface area contributed by atoms with E-state index in [1.54, 1.807) is 7.05 Å². The summed E-state index contributed by atoms with van der Waals surface area (Å²) >= 11 is 0. The van der Waals surface area contributed by atoms with Crippen LogP contribution >= 0.6 is 0 Å². The topological polar surface area (TPSA) is 98.7 Å². The summed E-state index contributed by atoms with van der Waals surface area (Å²) in [4.78, 5) is 38.6. The van der Waals surface area contributed by atoms with E-state index in [4.69, 9.17) is 5.11 Å². The summed E-state index contributed by atoms with van der Waals surface area (Å²) in [6, 6.07) is 7.04. The number of hydrogen-bond acceptors (Lipinski definition) is 4. The van der Waals surface area contributed by atoms with E-state index in [1.807, 2.05) is 65.9 Å². The molecule has 0 radical (unpaired) electrons. The number of nitrogens with one attached hydrogen (secondary N) is 2. The SMILES string of the molecule is C=C(c1ccccc1NC)C(C)(C)CC(=O)NC(C(=O)N(C)C/C=C(\C)C(=O)O)C(C)(C)C.CCC. The number of amides is 2. The zero-order chi connectivity index (χ0) is 28.3. The molecule has 1 unspecified atom stereocenters. The summed E-state index contributed by atoms with van der Waals surface area (Å²) < 4.78 is 0. The second-order valence-corrected chi connectivity index (χ2v) is 10.8. The Balaban J connectivity index is 0.00000387. The lowest BCUT2D eigenvalue weighted by Crippen LogP contribution is -2.54. The van der Waals surface area contributed by atoms with Crippen molar-refractivity contribution >= 4 is 29.0 Å². The third-order valence-corrected chi connectivity index (χ3v) is 5.74. The molecule has 0 aliphatic heterocycles. The van der Waals surface area contributed by atoms with Crippen molar-refractivity contribution in [3.8, 4) is 0 Å². The number of carboxylic acids is 1. The van der Waals surface area contributed by atoms with Crippen molar-refractivity contribution in [2.24, 2.45) is 10.8 Å². The minimum absolute atomic E-state index is 0.141. The van der Waals surface area contributed by atoms with Gasteiger partial charge < -0.3 is 20.6 Å². The average Bonchev–Trinajstić information content (AvgIpc) is 2.79. The van der Waals surface area contributed by atoms with E-state index in [0.717, 1.165) is 16.8 Å². The number of para-hydroxylation sites is 1. The molecule has 1 rings (SSSR count). The highest BCUT2D eigenvalue weighted by Crippen LogP contribution is 2.39. The van der Waals surface area contributed by atoms with Crippen LogP contribution in [0.3, 0.4) is 0 Å². The molecule has 1 atom stereocenters. The van der Waals surface area contributed by atoms with Gasteiger partial charge in [0.25, 0.3) is 0 Å². The molecule has 1 aromatic rings. The highest BCUT2D eigenvalue weighted by atomic mass is 16.4. The van der Waals surface area contributed by atoms with Gasteiger partial charge in [-0.1, -0.05) is 85.7 Å². The number of aliphatic carboxylic acids is 1. The standard InChI is InChI=1S/C26H39N3O4.C3H8/c1-17(24(32)33)14-15-29(9)23(31)22(25(3,4)5)28-21(30)16-26(6,7)18(2)19-12-10-11-13-20(19)27-8;1-3-2/h10-14,22,27H,2,15-16H2,1,3-9H3,(H,28,30)(H,32,33);3H2,1-2H3/b17-14+;. The first kappa shape index (κ1) is 32.9. The van der Waals surface area contributed by atoms with Crippen molar-refractivity contribution in [1.82, 2.24) is 10.2 Å². The molecule has 0 fully saturated rings. The second kappa shape index (κ2) is 14.5. The van der Waals surface area contributed by atoms with Crippen LogP contribution in [0.4, 0.5) is 5.69 Å². The van der Waals surface area contributed by atoms with Crippen LogP contribution in [-0.2, 0) is 14.4 Å². The first-order valence-electron chi connectivity index (χ1n) is 12.4. The number of carboxylic acid groups (broad SMARTS) is 1. The quantitative estimate of drug-likeness (QED) is 0.363. The molecular formula is C29H47N3O4. The summed E-state index contributed by atoms with van der Waals surface area (Å²) in [5.41, 5.74) is 1.79. The molecule has 0 bridgehead atoms. The number of rotatable bonds is 10. The van der Waals surface area contributed by atoms with Gasteiger partial charge in [0.1, 0.15) is 6.04 Å². The molecule has 3 N–H and O–H groups in total. The monoisotopic (exact) mass is 501 g/mol. The number of carbonyl (C=O) groups is 3. The summed E-state index contributed by atoms with van der Waals surface area (Å²) in [6.07, 6.45) is 2.89. The molecule has 1 aromatic carbocycles. The first-order chi connectivity index (χ1) is 16.5. The van der Waals surface area contributed by atoms with Gasteiger partial charge in [-0.15, -0.1) is 0 Å². The number of carbonyl (C=O) groups excluding carboxylic acids is 2. The molecule has 0 saturated carbocycles. The van der Waals surface area contributed by atoms with E-state index in [0.29, 0.717) is 0 Å². The molecule has 7 heteroatoms. The molecule has 36 heavy (non-hydrogen) atoms. The van der Waals surface area contributed by atoms with E-state index in [-0.39, 0.29) is 30.4 Å². The molecule has 0 aliphatic carbocycles. The molecule has 0 saturated heterocycles. The summed E-state index contributed by atoms with van der Waals surface area (Å²) in [6.45, 7) is 19.7. The minimum Gasteiger partial charge on any atom is -0.478 e. The van der Waals surface area contributed by atoms with E-state index in [9.17, 15) is 14.4 Å². The van der Waals surface area contributed by atoms with Crippen molar-refractivity contribution in [3.05, 3.63) is 48.1 Å². The van der Waals surface area contributed by atoms with Crippen molar-refractivity contribution in [2.75, 3.05) is 26.0 Å². The van der Waals surface area contributed by atoms with Gasteiger partial charge in [0.2, 0.25) is 11.8 Å². The van der Waals surface area contributed by atoms with Crippen LogP contribution in [0.5, 0.6) is 0 Å². The van der Waals surface area contributed by atoms with Crippen molar-refractivity contribution in [2.45, 2.75) is 74.3 Å². The fourth-order valence-corrected chi connectivity index (χ4v) is 3.37. The summed E-state index contributed by atoms with van der Waals surface area (Å²) in [5, 5.41) is 15.1. The van der Waals surface area contributed by atoms with Crippen molar-refractivity contribution in [3.63, 3.8) is 0 Å². The fraction of sp³-hybridized carbons (Fsp3) is 0.552. The van der Waals surface area contributed by atoms with Crippen LogP contribution in [0.25, 0.3) is 5.57 Å². The predicted octanol–water partition coefficient (Wildman–Crippen LogP) is 5.59. The Kier molecular flexibility index (Phi) is 13.2. The zero-order valence-corrected chi connectivity index (χ0v) is 23.9. The Morgan fingerprint density at radius 1 is 1.11 bits per heavy atom. The molecule has 0 aliphatic rings. The van der Waals surface area contributed by atoms with Crippen LogP contribution in [-0.4, -0.2) is 54.5 Å². The normalized spacial score (nSPS) is 12.6. The Morgan fingerprint density at radius 2 is 1.64 bits per heavy atom. The molecule has 0 spiro atoms. The molecule has 0 aromatic heterocycles. The lowest BCUT2D eigenvalue weighted by molar-refractivity contribution is -0.138. The lowest BCUT2D eigenvalue weighted by Gasteiger charge is -2.35. The number of nitrogens with zero attached hydrogens (tertiary/aromatic N) is 1. The maximum atomic E-state index is 13.1. The van der Waals surface area contributed by atoms with Gasteiger partial charge >= 0.3 is 5.97 Å². The van der Waals surface area contributed by atoms with Crippen LogP contribution in [0.2, 0.25) is 0 Å². The van der Waals surface area contributed by atoms with Gasteiger partial charge in [0.05, 0.1) is 0 Å². The van der Waals surface area contributed by atoms with Crippen LogP contribution in [0, 0.1) is 10.8 Å². The molecule has 7 nitrogen and oxygen atoms in total. The van der Waals surface area contributed by atoms with E-state index in [2.05, 4.69) is 31.1 Å². The highest BCUT2D eigenvalue weighted by molar-refractivity contribution is 5.90. The van der Waals surface area contributed by atoms with Gasteiger partial charge in [-0.2, -0.15) is 0 Å². The molecular weight excluding hydrogens is 454 g/mol. The van der Waals surface area contributed by atoms with Gasteiger partial charge in [-0.05, 0) is 29.4 Å². The second-order valence-electron chi connectivity index (χ2n) is 10.8. The minimum atomic E-state index is -1.03. The fourth-order valence-electron chi connectivity index (χ4n) is 3.37. The smallest absolute Gasteiger partial charge is 0.331 e. The number of anilines is 1. The van der Waals surface area contributed by atoms with E-state index in [1.165, 1.54) is 24.3 Å². The number of hydrogen-bond donors (Lipinski definition) is 3. The summed E-state index contributed by atoms with van der Waals surface area (Å²) in [7, 11) is 3.44. The lowest BCUT2D eigenvalue weighted by atomic mass is 9.77. The third-order valence-electron chi connectivity index (χ3n) is 5.74. The van der Waals surface area contributed by atoms with Crippen LogP contribution < -0.4 is 10.6 Å². The van der Waals surface area contributed by atoms with Gasteiger partial charge in [-0.25, -0.2) is 4.79 Å². The maximum absolute atomic E-state index is 13.1. The van der Waals surface area contributed by atoms with Crippen molar-refractivity contribution < 1.29 is 19.5 Å². The Morgan fingerprint density at radius 3 is 2.11 bits per heavy atom. The van der Waals surface area contributed by atoms with Gasteiger partial charge in [-0.3, -0.25) is 9.59 Å². The average molecular weight is 502 g/mol. The number of allylic oxidation sites excluding steroid dienone is 1. The Bertz CT molecular complexity index is 942. The largest absolute Gasteiger partial charge is 0.478 e. The van der Waals surface area contributed by atoms with Gasteiger partial charge in [0, 0.05) is 43.9 Å². The Hall–Kier alpha value is -3.09. The van der Waals surface area contributed by atoms with Crippen LogP contribution in [0.15, 0.2) is 42.5 Å².